The molecule has 0 fully saturated rings. The maximum atomic E-state index is 9.15. The highest BCUT2D eigenvalue weighted by molar-refractivity contribution is 6.67. The fourth-order valence-corrected chi connectivity index (χ4v) is 2.70. The van der Waals surface area contributed by atoms with Crippen molar-refractivity contribution in [2.75, 3.05) is 31.2 Å². The first kappa shape index (κ1) is 23.0. The van der Waals surface area contributed by atoms with Crippen molar-refractivity contribution in [2.24, 2.45) is 0 Å². The van der Waals surface area contributed by atoms with E-state index in [0.717, 1.165) is 5.69 Å². The summed E-state index contributed by atoms with van der Waals surface area (Å²) in [5.74, 6) is -0.190. The Bertz CT molecular complexity index is 726. The minimum Gasteiger partial charge on any atom is -0.395 e. The lowest BCUT2D eigenvalue weighted by atomic mass is 10.2. The number of aromatic nitrogens is 3. The molecule has 0 amide bonds. The van der Waals surface area contributed by atoms with E-state index >= 15 is 0 Å². The van der Waals surface area contributed by atoms with Gasteiger partial charge in [-0.2, -0.15) is 0 Å². The second-order valence-corrected chi connectivity index (χ2v) is 9.85. The number of nitrogens with zero attached hydrogens (tertiary/aromatic N) is 4. The molecule has 0 radical (unpaired) electrons. The minimum atomic E-state index is -1.93. The molecule has 2 aromatic rings. The number of benzene rings is 1. The fourth-order valence-electron chi connectivity index (χ4n) is 2.19. The minimum absolute atomic E-state index is 0.0472. The van der Waals surface area contributed by atoms with Crippen LogP contribution in [0.1, 0.15) is 11.6 Å². The molecule has 0 saturated heterocycles. The molecule has 0 saturated carbocycles. The van der Waals surface area contributed by atoms with Crippen molar-refractivity contribution in [1.82, 2.24) is 15.0 Å². The summed E-state index contributed by atoms with van der Waals surface area (Å²) < 4.78 is -3.86. The third kappa shape index (κ3) is 6.34. The van der Waals surface area contributed by atoms with Gasteiger partial charge in [-0.05, 0) is 24.3 Å². The van der Waals surface area contributed by atoms with Crippen LogP contribution in [0.15, 0.2) is 24.3 Å². The molecule has 1 aromatic heterocycles. The van der Waals surface area contributed by atoms with Gasteiger partial charge in [-0.15, -0.1) is 0 Å². The van der Waals surface area contributed by atoms with Gasteiger partial charge in [0.1, 0.15) is 0 Å². The van der Waals surface area contributed by atoms with E-state index in [1.165, 1.54) is 0 Å². The third-order valence-electron chi connectivity index (χ3n) is 3.37. The first-order chi connectivity index (χ1) is 12.6. The van der Waals surface area contributed by atoms with Crippen molar-refractivity contribution >= 4 is 75.3 Å². The molecule has 2 rings (SSSR count). The fraction of sp³-hybridized carbons (Fsp3) is 0.400. The lowest BCUT2D eigenvalue weighted by Crippen LogP contribution is -2.29. The van der Waals surface area contributed by atoms with Crippen LogP contribution in [0, 0.1) is 0 Å². The van der Waals surface area contributed by atoms with Gasteiger partial charge in [0.25, 0.3) is 0 Å². The Hall–Kier alpha value is -0.310. The smallest absolute Gasteiger partial charge is 0.250 e. The van der Waals surface area contributed by atoms with E-state index in [9.17, 15) is 0 Å². The lowest BCUT2D eigenvalue weighted by molar-refractivity contribution is 0.281. The molecule has 6 nitrogen and oxygen atoms in total. The summed E-state index contributed by atoms with van der Waals surface area (Å²) in [4.78, 5) is 14.0. The van der Waals surface area contributed by atoms with E-state index in [0.29, 0.717) is 18.7 Å². The molecule has 2 N–H and O–H groups in total. The van der Waals surface area contributed by atoms with E-state index in [1.54, 1.807) is 24.3 Å². The molecule has 0 unspecified atom stereocenters. The number of anilines is 1. The predicted molar refractivity (Wildman–Crippen MR) is 110 cm³/mol. The van der Waals surface area contributed by atoms with E-state index < -0.39 is 7.59 Å². The number of alkyl halides is 6. The highest BCUT2D eigenvalue weighted by atomic mass is 35.6. The second kappa shape index (κ2) is 9.46. The Morgan fingerprint density at radius 2 is 1.19 bits per heavy atom. The first-order valence-corrected chi connectivity index (χ1v) is 9.80. The van der Waals surface area contributed by atoms with Crippen molar-refractivity contribution in [3.05, 3.63) is 35.9 Å². The van der Waals surface area contributed by atoms with Gasteiger partial charge in [-0.25, -0.2) is 15.0 Å². The standard InChI is InChI=1S/C15H14Cl6N4O2/c16-14(17,18)12-22-11(23-13(24-12)15(19,20)21)9-1-3-10(4-2-9)25(5-7-26)6-8-27/h1-4,26-27H,5-8H2. The van der Waals surface area contributed by atoms with Gasteiger partial charge < -0.3 is 15.1 Å². The summed E-state index contributed by atoms with van der Waals surface area (Å²) in [7, 11) is 0. The van der Waals surface area contributed by atoms with Crippen LogP contribution in [-0.2, 0) is 7.59 Å². The summed E-state index contributed by atoms with van der Waals surface area (Å²) in [6.07, 6.45) is 0. The number of hydrogen-bond donors (Lipinski definition) is 2. The predicted octanol–water partition coefficient (Wildman–Crippen LogP) is 3.98. The second-order valence-electron chi connectivity index (χ2n) is 5.28. The summed E-state index contributed by atoms with van der Waals surface area (Å²) in [5.41, 5.74) is 1.36. The lowest BCUT2D eigenvalue weighted by Gasteiger charge is -2.23. The van der Waals surface area contributed by atoms with Crippen LogP contribution in [0.25, 0.3) is 11.4 Å². The molecule has 0 atom stereocenters. The van der Waals surface area contributed by atoms with Crippen molar-refractivity contribution in [1.29, 1.82) is 0 Å². The summed E-state index contributed by atoms with van der Waals surface area (Å²) in [6, 6.07) is 6.98. The first-order valence-electron chi connectivity index (χ1n) is 7.54. The van der Waals surface area contributed by atoms with Crippen molar-refractivity contribution in [2.45, 2.75) is 7.59 Å². The molecule has 1 heterocycles. The molecule has 0 spiro atoms. The monoisotopic (exact) mass is 492 g/mol. The zero-order valence-electron chi connectivity index (χ0n) is 13.6. The normalized spacial score (nSPS) is 12.3. The Balaban J connectivity index is 2.45. The number of rotatable bonds is 6. The van der Waals surface area contributed by atoms with Crippen LogP contribution in [0.4, 0.5) is 5.69 Å². The molecule has 0 aliphatic rings. The van der Waals surface area contributed by atoms with Gasteiger partial charge in [0, 0.05) is 24.3 Å². The van der Waals surface area contributed by atoms with Crippen LogP contribution < -0.4 is 4.90 Å². The van der Waals surface area contributed by atoms with Gasteiger partial charge in [-0.3, -0.25) is 0 Å². The van der Waals surface area contributed by atoms with Crippen LogP contribution in [0.3, 0.4) is 0 Å². The van der Waals surface area contributed by atoms with E-state index in [4.69, 9.17) is 79.8 Å². The summed E-state index contributed by atoms with van der Waals surface area (Å²) >= 11 is 35.2. The molecule has 0 aliphatic heterocycles. The van der Waals surface area contributed by atoms with Crippen molar-refractivity contribution in [3.63, 3.8) is 0 Å². The van der Waals surface area contributed by atoms with Crippen LogP contribution in [0.5, 0.6) is 0 Å². The van der Waals surface area contributed by atoms with Crippen molar-refractivity contribution in [3.8, 4) is 11.4 Å². The van der Waals surface area contributed by atoms with Gasteiger partial charge in [-0.1, -0.05) is 69.6 Å². The van der Waals surface area contributed by atoms with E-state index in [2.05, 4.69) is 15.0 Å². The number of hydrogen-bond acceptors (Lipinski definition) is 6. The maximum absolute atomic E-state index is 9.15. The third-order valence-corrected chi connectivity index (χ3v) is 4.39. The van der Waals surface area contributed by atoms with Crippen molar-refractivity contribution < 1.29 is 10.2 Å². The Morgan fingerprint density at radius 3 is 1.56 bits per heavy atom. The topological polar surface area (TPSA) is 82.4 Å². The number of halogens is 6. The summed E-state index contributed by atoms with van der Waals surface area (Å²) in [5, 5.41) is 18.3. The molecule has 0 bridgehead atoms. The maximum Gasteiger partial charge on any atom is 0.250 e. The Kier molecular flexibility index (Phi) is 8.05. The Morgan fingerprint density at radius 1 is 0.741 bits per heavy atom. The zero-order valence-corrected chi connectivity index (χ0v) is 18.1. The molecule has 12 heteroatoms. The highest BCUT2D eigenvalue weighted by Crippen LogP contribution is 2.40. The van der Waals surface area contributed by atoms with Gasteiger partial charge in [0.05, 0.1) is 13.2 Å². The van der Waals surface area contributed by atoms with E-state index in [-0.39, 0.29) is 30.7 Å². The molecule has 0 aliphatic carbocycles. The van der Waals surface area contributed by atoms with Gasteiger partial charge >= 0.3 is 0 Å². The van der Waals surface area contributed by atoms with Crippen LogP contribution in [-0.4, -0.2) is 51.5 Å². The zero-order chi connectivity index (χ0) is 20.2. The molecular formula is C15H14Cl6N4O2. The quantitative estimate of drug-likeness (QED) is 0.591. The average Bonchev–Trinajstić information content (AvgIpc) is 2.60. The molecule has 1 aromatic carbocycles. The molecular weight excluding hydrogens is 481 g/mol. The van der Waals surface area contributed by atoms with Crippen LogP contribution >= 0.6 is 69.6 Å². The average molecular weight is 495 g/mol. The Labute approximate surface area is 186 Å². The van der Waals surface area contributed by atoms with Crippen LogP contribution in [0.2, 0.25) is 0 Å². The number of aliphatic hydroxyl groups is 2. The molecule has 27 heavy (non-hydrogen) atoms. The SMILES string of the molecule is OCCN(CCO)c1ccc(-c2nc(C(Cl)(Cl)Cl)nc(C(Cl)(Cl)Cl)n2)cc1. The van der Waals surface area contributed by atoms with Gasteiger partial charge in [0.15, 0.2) is 17.5 Å². The largest absolute Gasteiger partial charge is 0.395 e. The van der Waals surface area contributed by atoms with E-state index in [1.807, 2.05) is 4.90 Å². The molecule has 148 valence electrons. The number of aliphatic hydroxyl groups excluding tert-OH is 2. The van der Waals surface area contributed by atoms with Gasteiger partial charge in [0.2, 0.25) is 7.59 Å². The highest BCUT2D eigenvalue weighted by Gasteiger charge is 2.34. The summed E-state index contributed by atoms with van der Waals surface area (Å²) in [6.45, 7) is 0.657.